The molecule has 0 heterocycles. The standard InChI is InChI=1S/C11H24ClISi/c1-7-10(2,3)8-11(4,13)9-14(5,6)12/h7-9H2,1-6H3. The van der Waals surface area contributed by atoms with Crippen LogP contribution in [0.5, 0.6) is 0 Å². The quantitative estimate of drug-likeness (QED) is 0.269. The van der Waals surface area contributed by atoms with E-state index < -0.39 is 7.38 Å². The van der Waals surface area contributed by atoms with Crippen molar-refractivity contribution < 1.29 is 0 Å². The van der Waals surface area contributed by atoms with Crippen molar-refractivity contribution in [2.24, 2.45) is 5.41 Å². The molecule has 0 radical (unpaired) electrons. The van der Waals surface area contributed by atoms with Crippen LogP contribution in [0.1, 0.15) is 40.5 Å². The maximum Gasteiger partial charge on any atom is 0.151 e. The Morgan fingerprint density at radius 1 is 1.21 bits per heavy atom. The topological polar surface area (TPSA) is 0 Å². The van der Waals surface area contributed by atoms with Crippen LogP contribution in [-0.2, 0) is 0 Å². The molecule has 86 valence electrons. The maximum atomic E-state index is 6.42. The first kappa shape index (κ1) is 15.2. The lowest BCUT2D eigenvalue weighted by Gasteiger charge is -2.35. The summed E-state index contributed by atoms with van der Waals surface area (Å²) in [5, 5.41) is 0. The molecular formula is C11H24ClISi. The average Bonchev–Trinajstić information content (AvgIpc) is 1.78. The zero-order valence-corrected chi connectivity index (χ0v) is 14.3. The lowest BCUT2D eigenvalue weighted by molar-refractivity contribution is 0.298. The number of rotatable bonds is 5. The van der Waals surface area contributed by atoms with Crippen molar-refractivity contribution in [3.05, 3.63) is 0 Å². The lowest BCUT2D eigenvalue weighted by Crippen LogP contribution is -2.33. The van der Waals surface area contributed by atoms with E-state index in [1.807, 2.05) is 0 Å². The van der Waals surface area contributed by atoms with Crippen LogP contribution in [0.15, 0.2) is 0 Å². The third kappa shape index (κ3) is 7.52. The van der Waals surface area contributed by atoms with Gasteiger partial charge in [-0.15, -0.1) is 0 Å². The van der Waals surface area contributed by atoms with Gasteiger partial charge in [-0.1, -0.05) is 69.8 Å². The molecule has 0 amide bonds. The molecular weight excluding hydrogens is 323 g/mol. The Morgan fingerprint density at radius 3 is 1.93 bits per heavy atom. The second-order valence-corrected chi connectivity index (χ2v) is 15.5. The molecule has 0 saturated heterocycles. The number of alkyl halides is 1. The van der Waals surface area contributed by atoms with Gasteiger partial charge in [-0.05, 0) is 17.9 Å². The van der Waals surface area contributed by atoms with Gasteiger partial charge in [0.25, 0.3) is 0 Å². The van der Waals surface area contributed by atoms with Gasteiger partial charge in [0.2, 0.25) is 0 Å². The van der Waals surface area contributed by atoms with Gasteiger partial charge in [0.15, 0.2) is 7.38 Å². The third-order valence-corrected chi connectivity index (χ3v) is 6.10. The highest BCUT2D eigenvalue weighted by molar-refractivity contribution is 14.1. The van der Waals surface area contributed by atoms with Crippen LogP contribution in [0.4, 0.5) is 0 Å². The molecule has 1 unspecified atom stereocenters. The van der Waals surface area contributed by atoms with Crippen molar-refractivity contribution in [2.75, 3.05) is 0 Å². The summed E-state index contributed by atoms with van der Waals surface area (Å²) in [7, 11) is -1.44. The Kier molecular flexibility index (Phi) is 5.49. The van der Waals surface area contributed by atoms with Crippen LogP contribution in [0, 0.1) is 5.41 Å². The molecule has 0 aromatic rings. The minimum Gasteiger partial charge on any atom is -0.168 e. The van der Waals surface area contributed by atoms with Gasteiger partial charge < -0.3 is 0 Å². The van der Waals surface area contributed by atoms with Crippen molar-refractivity contribution in [1.29, 1.82) is 0 Å². The number of hydrogen-bond acceptors (Lipinski definition) is 0. The van der Waals surface area contributed by atoms with Crippen LogP contribution in [-0.4, -0.2) is 10.8 Å². The van der Waals surface area contributed by atoms with Crippen molar-refractivity contribution in [2.45, 2.75) is 63.1 Å². The summed E-state index contributed by atoms with van der Waals surface area (Å²) in [6.07, 6.45) is 2.51. The van der Waals surface area contributed by atoms with E-state index >= 15 is 0 Å². The Bertz CT molecular complexity index is 182. The molecule has 0 fully saturated rings. The number of halogens is 2. The Labute approximate surface area is 109 Å². The molecule has 0 nitrogen and oxygen atoms in total. The fourth-order valence-electron chi connectivity index (χ4n) is 2.06. The normalized spacial score (nSPS) is 18.0. The summed E-state index contributed by atoms with van der Waals surface area (Å²) < 4.78 is 0.370. The van der Waals surface area contributed by atoms with Gasteiger partial charge in [0.05, 0.1) is 0 Å². The second-order valence-electron chi connectivity index (χ2n) is 6.00. The van der Waals surface area contributed by atoms with E-state index in [4.69, 9.17) is 11.1 Å². The molecule has 3 heteroatoms. The lowest BCUT2D eigenvalue weighted by atomic mass is 9.82. The summed E-state index contributed by atoms with van der Waals surface area (Å²) in [6, 6.07) is 1.20. The summed E-state index contributed by atoms with van der Waals surface area (Å²) in [5.41, 5.74) is 0.451. The van der Waals surface area contributed by atoms with E-state index in [0.717, 1.165) is 0 Å². The summed E-state index contributed by atoms with van der Waals surface area (Å²) in [4.78, 5) is 0. The fourth-order valence-corrected chi connectivity index (χ4v) is 9.39. The van der Waals surface area contributed by atoms with Gasteiger partial charge in [-0.25, -0.2) is 0 Å². The molecule has 0 aromatic carbocycles. The van der Waals surface area contributed by atoms with Crippen molar-refractivity contribution in [1.82, 2.24) is 0 Å². The van der Waals surface area contributed by atoms with Crippen LogP contribution in [0.3, 0.4) is 0 Å². The van der Waals surface area contributed by atoms with E-state index in [0.29, 0.717) is 8.84 Å². The van der Waals surface area contributed by atoms with Gasteiger partial charge in [-0.3, -0.25) is 0 Å². The first-order chi connectivity index (χ1) is 5.97. The second kappa shape index (κ2) is 5.04. The van der Waals surface area contributed by atoms with Gasteiger partial charge in [-0.2, -0.15) is 11.1 Å². The first-order valence-corrected chi connectivity index (χ1v) is 10.7. The Balaban J connectivity index is 4.35. The van der Waals surface area contributed by atoms with Crippen LogP contribution in [0.2, 0.25) is 19.1 Å². The van der Waals surface area contributed by atoms with E-state index in [-0.39, 0.29) is 0 Å². The zero-order valence-electron chi connectivity index (χ0n) is 10.4. The molecule has 0 N–H and O–H groups in total. The van der Waals surface area contributed by atoms with Crippen LogP contribution in [0.25, 0.3) is 0 Å². The van der Waals surface area contributed by atoms with E-state index in [1.54, 1.807) is 0 Å². The molecule has 0 aromatic heterocycles. The van der Waals surface area contributed by atoms with Crippen LogP contribution < -0.4 is 0 Å². The van der Waals surface area contributed by atoms with Crippen LogP contribution >= 0.6 is 33.7 Å². The highest BCUT2D eigenvalue weighted by Crippen LogP contribution is 2.42. The molecule has 0 aliphatic carbocycles. The summed E-state index contributed by atoms with van der Waals surface area (Å²) >= 11 is 9.02. The molecule has 1 atom stereocenters. The van der Waals surface area contributed by atoms with E-state index in [2.05, 4.69) is 63.4 Å². The molecule has 0 rings (SSSR count). The zero-order chi connectivity index (χ0) is 11.6. The first-order valence-electron chi connectivity index (χ1n) is 5.35. The van der Waals surface area contributed by atoms with Crippen molar-refractivity contribution in [3.8, 4) is 0 Å². The summed E-state index contributed by atoms with van der Waals surface area (Å²) in [5.74, 6) is 0. The highest BCUT2D eigenvalue weighted by Gasteiger charge is 2.34. The van der Waals surface area contributed by atoms with E-state index in [1.165, 1.54) is 18.9 Å². The highest BCUT2D eigenvalue weighted by atomic mass is 127. The van der Waals surface area contributed by atoms with Crippen molar-refractivity contribution in [3.63, 3.8) is 0 Å². The molecule has 0 bridgehead atoms. The van der Waals surface area contributed by atoms with Gasteiger partial charge >= 0.3 is 0 Å². The molecule has 0 aliphatic rings. The van der Waals surface area contributed by atoms with Crippen molar-refractivity contribution >= 4 is 41.1 Å². The average molecular weight is 347 g/mol. The monoisotopic (exact) mass is 346 g/mol. The molecule has 14 heavy (non-hydrogen) atoms. The third-order valence-electron chi connectivity index (χ3n) is 2.59. The minimum atomic E-state index is -1.44. The van der Waals surface area contributed by atoms with E-state index in [9.17, 15) is 0 Å². The predicted molar refractivity (Wildman–Crippen MR) is 79.3 cm³/mol. The smallest absolute Gasteiger partial charge is 0.151 e. The van der Waals surface area contributed by atoms with Gasteiger partial charge in [0, 0.05) is 3.42 Å². The SMILES string of the molecule is CCC(C)(C)CC(C)(I)C[Si](C)(C)Cl. The maximum absolute atomic E-state index is 6.42. The molecule has 0 spiro atoms. The summed E-state index contributed by atoms with van der Waals surface area (Å²) in [6.45, 7) is 13.8. The Hall–Kier alpha value is 1.24. The Morgan fingerprint density at radius 2 is 1.64 bits per heavy atom. The number of hydrogen-bond donors (Lipinski definition) is 0. The van der Waals surface area contributed by atoms with Gasteiger partial charge in [0.1, 0.15) is 0 Å². The molecule has 0 aliphatic heterocycles. The minimum absolute atomic E-state index is 0.370. The predicted octanol–water partition coefficient (Wildman–Crippen LogP) is 5.45. The molecule has 0 saturated carbocycles. The largest absolute Gasteiger partial charge is 0.168 e. The fraction of sp³-hybridized carbons (Fsp3) is 1.00.